The van der Waals surface area contributed by atoms with Crippen molar-refractivity contribution in [1.29, 1.82) is 0 Å². The van der Waals surface area contributed by atoms with Crippen molar-refractivity contribution in [3.63, 3.8) is 0 Å². The van der Waals surface area contributed by atoms with Crippen molar-refractivity contribution in [1.82, 2.24) is 0 Å². The molecule has 1 aliphatic heterocycles. The minimum atomic E-state index is -4.65. The molecular weight excluding hydrogens is 324 g/mol. The lowest BCUT2D eigenvalue weighted by molar-refractivity contribution is -0.138. The summed E-state index contributed by atoms with van der Waals surface area (Å²) in [5, 5.41) is 9.65. The Bertz CT molecular complexity index is 685. The van der Waals surface area contributed by atoms with Crippen LogP contribution in [0.3, 0.4) is 0 Å². The fourth-order valence-electron chi connectivity index (χ4n) is 2.68. The van der Waals surface area contributed by atoms with E-state index in [9.17, 15) is 27.8 Å². The topological polar surface area (TPSA) is 63.6 Å². The second-order valence-electron chi connectivity index (χ2n) is 5.86. The third-order valence-corrected chi connectivity index (χ3v) is 3.87. The van der Waals surface area contributed by atoms with Gasteiger partial charge in [0.15, 0.2) is 11.6 Å². The van der Waals surface area contributed by atoms with E-state index in [1.165, 1.54) is 6.07 Å². The minimum Gasteiger partial charge on any atom is -0.423 e. The van der Waals surface area contributed by atoms with Gasteiger partial charge in [-0.3, -0.25) is 9.59 Å². The number of hydrogen-bond donors (Lipinski definition) is 1. The summed E-state index contributed by atoms with van der Waals surface area (Å²) >= 11 is 0. The second kappa shape index (κ2) is 6.90. The molecule has 0 unspecified atom stereocenters. The Kier molecular flexibility index (Phi) is 5.30. The van der Waals surface area contributed by atoms with Crippen LogP contribution in [0.15, 0.2) is 24.8 Å². The van der Waals surface area contributed by atoms with Crippen LogP contribution >= 0.6 is 0 Å². The number of alkyl halides is 3. The second-order valence-corrected chi connectivity index (χ2v) is 5.86. The van der Waals surface area contributed by atoms with Gasteiger partial charge >= 0.3 is 13.3 Å². The molecule has 8 heteroatoms. The highest BCUT2D eigenvalue weighted by molar-refractivity contribution is 6.61. The van der Waals surface area contributed by atoms with E-state index in [1.54, 1.807) is 6.92 Å². The molecule has 0 bridgehead atoms. The Morgan fingerprint density at radius 3 is 2.67 bits per heavy atom. The van der Waals surface area contributed by atoms with Gasteiger partial charge in [-0.1, -0.05) is 19.6 Å². The molecule has 1 atom stereocenters. The quantitative estimate of drug-likeness (QED) is 0.490. The average Bonchev–Trinajstić information content (AvgIpc) is 2.86. The molecule has 1 N–H and O–H groups in total. The zero-order valence-electron chi connectivity index (χ0n) is 13.0. The van der Waals surface area contributed by atoms with Crippen LogP contribution in [0.4, 0.5) is 13.2 Å². The van der Waals surface area contributed by atoms with E-state index in [4.69, 9.17) is 4.65 Å². The molecule has 4 nitrogen and oxygen atoms in total. The van der Waals surface area contributed by atoms with Crippen LogP contribution < -0.4 is 5.46 Å². The summed E-state index contributed by atoms with van der Waals surface area (Å²) in [5.74, 6) is -1.08. The maximum atomic E-state index is 13.2. The number of allylic oxidation sites excluding steroid dienone is 1. The number of ketones is 2. The summed E-state index contributed by atoms with van der Waals surface area (Å²) in [6.45, 7) is 4.64. The number of fused-ring (bicyclic) bond motifs is 1. The van der Waals surface area contributed by atoms with Gasteiger partial charge in [-0.25, -0.2) is 0 Å². The molecule has 24 heavy (non-hydrogen) atoms. The number of carbonyl (C=O) groups is 2. The lowest BCUT2D eigenvalue weighted by Crippen LogP contribution is -2.30. The molecule has 1 aromatic carbocycles. The summed E-state index contributed by atoms with van der Waals surface area (Å²) in [5.41, 5.74) is -1.32. The van der Waals surface area contributed by atoms with Crippen molar-refractivity contribution >= 4 is 24.1 Å². The molecule has 2 rings (SSSR count). The first-order valence-corrected chi connectivity index (χ1v) is 7.35. The average molecular weight is 340 g/mol. The third-order valence-electron chi connectivity index (χ3n) is 3.87. The Hall–Kier alpha value is -1.93. The van der Waals surface area contributed by atoms with Gasteiger partial charge in [-0.2, -0.15) is 13.2 Å². The molecule has 0 amide bonds. The molecule has 128 valence electrons. The lowest BCUT2D eigenvalue weighted by Gasteiger charge is -2.14. The molecule has 0 radical (unpaired) electrons. The molecule has 0 fully saturated rings. The predicted octanol–water partition coefficient (Wildman–Crippen LogP) is 2.28. The van der Waals surface area contributed by atoms with Crippen LogP contribution in [0.25, 0.3) is 0 Å². The summed E-state index contributed by atoms with van der Waals surface area (Å²) < 4.78 is 44.4. The van der Waals surface area contributed by atoms with Gasteiger partial charge in [0.25, 0.3) is 0 Å². The molecular formula is C16H16BF3O4. The van der Waals surface area contributed by atoms with E-state index in [0.29, 0.717) is 0 Å². The molecule has 1 heterocycles. The molecule has 0 aliphatic carbocycles. The molecule has 0 aromatic heterocycles. The van der Waals surface area contributed by atoms with Crippen molar-refractivity contribution in [2.75, 3.05) is 0 Å². The highest BCUT2D eigenvalue weighted by Gasteiger charge is 2.40. The first-order valence-electron chi connectivity index (χ1n) is 7.35. The molecule has 0 saturated heterocycles. The van der Waals surface area contributed by atoms with E-state index in [1.807, 2.05) is 0 Å². The number of hydrogen-bond acceptors (Lipinski definition) is 4. The summed E-state index contributed by atoms with van der Waals surface area (Å²) in [4.78, 5) is 23.6. The van der Waals surface area contributed by atoms with E-state index in [2.05, 4.69) is 6.58 Å². The Morgan fingerprint density at radius 1 is 1.42 bits per heavy atom. The standard InChI is InChI=1S/C16H16BF3O4/c1-3-11(21)4-9(2)5-15(22)10-6-13(16(18,19)20)12-8-24-17(23)14(12)7-10/h3,6-7,9,23H,1,4-5,8H2,2H3/t9-/m0/s1. The van der Waals surface area contributed by atoms with E-state index < -0.39 is 24.6 Å². The van der Waals surface area contributed by atoms with Gasteiger partial charge < -0.3 is 9.68 Å². The van der Waals surface area contributed by atoms with E-state index in [0.717, 1.165) is 12.1 Å². The number of Topliss-reactive ketones (excluding diaryl/α,β-unsaturated/α-hetero) is 1. The van der Waals surface area contributed by atoms with Crippen molar-refractivity contribution in [2.45, 2.75) is 32.5 Å². The van der Waals surface area contributed by atoms with Crippen LogP contribution in [0.1, 0.15) is 41.3 Å². The molecule has 1 aliphatic rings. The van der Waals surface area contributed by atoms with Crippen molar-refractivity contribution < 1.29 is 32.4 Å². The predicted molar refractivity (Wildman–Crippen MR) is 81.8 cm³/mol. The fraction of sp³-hybridized carbons (Fsp3) is 0.375. The largest absolute Gasteiger partial charge is 0.491 e. The Labute approximate surface area is 137 Å². The van der Waals surface area contributed by atoms with Crippen LogP contribution in [0.5, 0.6) is 0 Å². The van der Waals surface area contributed by atoms with Crippen LogP contribution in [0.2, 0.25) is 0 Å². The van der Waals surface area contributed by atoms with Crippen molar-refractivity contribution in [3.05, 3.63) is 41.5 Å². The van der Waals surface area contributed by atoms with Gasteiger partial charge in [-0.05, 0) is 29.1 Å². The summed E-state index contributed by atoms with van der Waals surface area (Å²) in [6, 6.07) is 2.01. The number of halogens is 3. The maximum Gasteiger partial charge on any atom is 0.491 e. The first kappa shape index (κ1) is 18.4. The SMILES string of the molecule is C=CC(=O)C[C@H](C)CC(=O)c1cc2c(c(C(F)(F)F)c1)COB2O. The normalized spacial score (nSPS) is 15.1. The first-order chi connectivity index (χ1) is 11.1. The van der Waals surface area contributed by atoms with Crippen molar-refractivity contribution in [3.8, 4) is 0 Å². The number of rotatable bonds is 6. The monoisotopic (exact) mass is 340 g/mol. The lowest BCUT2D eigenvalue weighted by atomic mass is 9.76. The van der Waals surface area contributed by atoms with Crippen LogP contribution in [-0.2, 0) is 22.2 Å². The molecule has 0 saturated carbocycles. The van der Waals surface area contributed by atoms with Crippen LogP contribution in [0, 0.1) is 5.92 Å². The maximum absolute atomic E-state index is 13.2. The highest BCUT2D eigenvalue weighted by Crippen LogP contribution is 2.34. The zero-order chi connectivity index (χ0) is 18.1. The minimum absolute atomic E-state index is 0.0389. The Morgan fingerprint density at radius 2 is 2.08 bits per heavy atom. The van der Waals surface area contributed by atoms with Gasteiger partial charge in [-0.15, -0.1) is 0 Å². The smallest absolute Gasteiger partial charge is 0.423 e. The highest BCUT2D eigenvalue weighted by atomic mass is 19.4. The van der Waals surface area contributed by atoms with Gasteiger partial charge in [0.2, 0.25) is 0 Å². The van der Waals surface area contributed by atoms with Gasteiger partial charge in [0.05, 0.1) is 12.2 Å². The van der Waals surface area contributed by atoms with Gasteiger partial charge in [0, 0.05) is 18.4 Å². The summed E-state index contributed by atoms with van der Waals surface area (Å²) in [7, 11) is -1.48. The van der Waals surface area contributed by atoms with Crippen molar-refractivity contribution in [2.24, 2.45) is 5.92 Å². The number of benzene rings is 1. The molecule has 1 aromatic rings. The van der Waals surface area contributed by atoms with Crippen LogP contribution in [-0.4, -0.2) is 23.7 Å². The zero-order valence-corrected chi connectivity index (χ0v) is 13.0. The van der Waals surface area contributed by atoms with E-state index in [-0.39, 0.29) is 47.7 Å². The third kappa shape index (κ3) is 3.94. The fourth-order valence-corrected chi connectivity index (χ4v) is 2.68. The molecule has 0 spiro atoms. The van der Waals surface area contributed by atoms with E-state index >= 15 is 0 Å². The van der Waals surface area contributed by atoms with Gasteiger partial charge in [0.1, 0.15) is 0 Å². The Balaban J connectivity index is 2.30. The number of carbonyl (C=O) groups excluding carboxylic acids is 2. The summed E-state index contributed by atoms with van der Waals surface area (Å²) in [6.07, 6.45) is -3.49.